The van der Waals surface area contributed by atoms with Crippen molar-refractivity contribution < 1.29 is 19.1 Å². The number of hydrogen-bond donors (Lipinski definition) is 1. The second-order valence-electron chi connectivity index (χ2n) is 3.84. The summed E-state index contributed by atoms with van der Waals surface area (Å²) in [5.74, 6) is -1.43. The van der Waals surface area contributed by atoms with Crippen molar-refractivity contribution in [3.05, 3.63) is 36.3 Å². The summed E-state index contributed by atoms with van der Waals surface area (Å²) in [7, 11) is 0. The molecule has 0 saturated heterocycles. The van der Waals surface area contributed by atoms with Gasteiger partial charge in [0.2, 0.25) is 0 Å². The van der Waals surface area contributed by atoms with Gasteiger partial charge in [-0.2, -0.15) is 0 Å². The van der Waals surface area contributed by atoms with Crippen molar-refractivity contribution in [1.82, 2.24) is 4.90 Å². The highest BCUT2D eigenvalue weighted by atomic mass is 16.4. The molecule has 0 aliphatic rings. The van der Waals surface area contributed by atoms with Gasteiger partial charge in [0.25, 0.3) is 5.91 Å². The van der Waals surface area contributed by atoms with Gasteiger partial charge in [0.15, 0.2) is 5.76 Å². The summed E-state index contributed by atoms with van der Waals surface area (Å²) >= 11 is 0. The van der Waals surface area contributed by atoms with E-state index >= 15 is 0 Å². The summed E-state index contributed by atoms with van der Waals surface area (Å²) in [6.45, 7) is 7.69. The Hall–Kier alpha value is -2.04. The number of carbonyl (C=O) groups is 2. The molecule has 5 nitrogen and oxygen atoms in total. The van der Waals surface area contributed by atoms with Crippen LogP contribution in [0.3, 0.4) is 0 Å². The van der Waals surface area contributed by atoms with Gasteiger partial charge in [-0.1, -0.05) is 6.08 Å². The van der Waals surface area contributed by atoms with Crippen LogP contribution >= 0.6 is 0 Å². The van der Waals surface area contributed by atoms with E-state index in [-0.39, 0.29) is 23.3 Å². The molecule has 92 valence electrons. The first-order valence-corrected chi connectivity index (χ1v) is 5.21. The van der Waals surface area contributed by atoms with Crippen LogP contribution in [0.4, 0.5) is 0 Å². The van der Waals surface area contributed by atoms with Crippen molar-refractivity contribution in [2.75, 3.05) is 6.54 Å². The second-order valence-corrected chi connectivity index (χ2v) is 3.84. The third-order valence-electron chi connectivity index (χ3n) is 2.27. The molecule has 1 rings (SSSR count). The molecule has 0 aromatic carbocycles. The van der Waals surface area contributed by atoms with Crippen LogP contribution in [0.15, 0.2) is 29.4 Å². The van der Waals surface area contributed by atoms with E-state index in [0.717, 1.165) is 6.26 Å². The SMILES string of the molecule is C=CCN(C(=O)c1cc(C(=O)O)co1)C(C)C. The fraction of sp³-hybridized carbons (Fsp3) is 0.333. The van der Waals surface area contributed by atoms with Crippen LogP contribution in [0.5, 0.6) is 0 Å². The van der Waals surface area contributed by atoms with Crippen molar-refractivity contribution in [1.29, 1.82) is 0 Å². The molecule has 1 heterocycles. The average molecular weight is 237 g/mol. The van der Waals surface area contributed by atoms with Gasteiger partial charge in [0.05, 0.1) is 5.56 Å². The molecule has 17 heavy (non-hydrogen) atoms. The van der Waals surface area contributed by atoms with E-state index in [9.17, 15) is 9.59 Å². The lowest BCUT2D eigenvalue weighted by atomic mass is 10.2. The Balaban J connectivity index is 2.92. The molecular formula is C12H15NO4. The average Bonchev–Trinajstić information content (AvgIpc) is 2.73. The Labute approximate surface area is 99.3 Å². The van der Waals surface area contributed by atoms with Crippen molar-refractivity contribution >= 4 is 11.9 Å². The first-order valence-electron chi connectivity index (χ1n) is 5.21. The van der Waals surface area contributed by atoms with Gasteiger partial charge in [0.1, 0.15) is 6.26 Å². The van der Waals surface area contributed by atoms with E-state index in [1.807, 2.05) is 13.8 Å². The van der Waals surface area contributed by atoms with Crippen LogP contribution in [0.1, 0.15) is 34.8 Å². The Morgan fingerprint density at radius 2 is 2.24 bits per heavy atom. The summed E-state index contributed by atoms with van der Waals surface area (Å²) in [4.78, 5) is 24.2. The zero-order valence-corrected chi connectivity index (χ0v) is 9.84. The minimum Gasteiger partial charge on any atom is -0.478 e. The summed E-state index contributed by atoms with van der Waals surface area (Å²) < 4.78 is 4.96. The lowest BCUT2D eigenvalue weighted by molar-refractivity contribution is 0.0687. The molecule has 0 unspecified atom stereocenters. The Morgan fingerprint density at radius 3 is 2.65 bits per heavy atom. The number of amides is 1. The molecule has 0 aliphatic heterocycles. The van der Waals surface area contributed by atoms with Crippen LogP contribution < -0.4 is 0 Å². The number of aromatic carboxylic acids is 1. The quantitative estimate of drug-likeness (QED) is 0.795. The van der Waals surface area contributed by atoms with Crippen molar-refractivity contribution in [3.8, 4) is 0 Å². The molecule has 0 atom stereocenters. The van der Waals surface area contributed by atoms with E-state index < -0.39 is 5.97 Å². The lowest BCUT2D eigenvalue weighted by Gasteiger charge is -2.24. The molecule has 0 radical (unpaired) electrons. The smallest absolute Gasteiger partial charge is 0.338 e. The maximum atomic E-state index is 12.0. The fourth-order valence-corrected chi connectivity index (χ4v) is 1.37. The number of carbonyl (C=O) groups excluding carboxylic acids is 1. The van der Waals surface area contributed by atoms with Crippen LogP contribution in [0.25, 0.3) is 0 Å². The number of carboxylic acid groups (broad SMARTS) is 1. The summed E-state index contributed by atoms with van der Waals surface area (Å²) in [5.41, 5.74) is -0.0318. The number of rotatable bonds is 5. The standard InChI is InChI=1S/C12H15NO4/c1-4-5-13(8(2)3)11(14)10-6-9(7-17-10)12(15)16/h4,6-8H,1,5H2,2-3H3,(H,15,16). The van der Waals surface area contributed by atoms with Crippen LogP contribution in [-0.4, -0.2) is 34.5 Å². The molecule has 0 bridgehead atoms. The molecule has 1 aromatic heterocycles. The van der Waals surface area contributed by atoms with Gasteiger partial charge in [0, 0.05) is 18.7 Å². The summed E-state index contributed by atoms with van der Waals surface area (Å²) in [6, 6.07) is 1.21. The predicted molar refractivity (Wildman–Crippen MR) is 62.0 cm³/mol. The van der Waals surface area contributed by atoms with Crippen molar-refractivity contribution in [2.24, 2.45) is 0 Å². The van der Waals surface area contributed by atoms with Gasteiger partial charge >= 0.3 is 5.97 Å². The molecule has 1 N–H and O–H groups in total. The van der Waals surface area contributed by atoms with Gasteiger partial charge < -0.3 is 14.4 Å². The van der Waals surface area contributed by atoms with Crippen molar-refractivity contribution in [3.63, 3.8) is 0 Å². The predicted octanol–water partition coefficient (Wildman–Crippen LogP) is 2.01. The molecule has 1 aromatic rings. The second kappa shape index (κ2) is 5.34. The summed E-state index contributed by atoms with van der Waals surface area (Å²) in [6.07, 6.45) is 2.67. The first-order chi connectivity index (χ1) is 7.97. The number of nitrogens with zero attached hydrogens (tertiary/aromatic N) is 1. The minimum absolute atomic E-state index is 0.0149. The number of hydrogen-bond acceptors (Lipinski definition) is 3. The molecule has 0 spiro atoms. The van der Waals surface area contributed by atoms with Crippen molar-refractivity contribution in [2.45, 2.75) is 19.9 Å². The van der Waals surface area contributed by atoms with Crippen LogP contribution in [0.2, 0.25) is 0 Å². The third kappa shape index (κ3) is 2.96. The monoisotopic (exact) mass is 237 g/mol. The van der Waals surface area contributed by atoms with E-state index in [4.69, 9.17) is 9.52 Å². The highest BCUT2D eigenvalue weighted by Gasteiger charge is 2.21. The Morgan fingerprint density at radius 1 is 1.59 bits per heavy atom. The third-order valence-corrected chi connectivity index (χ3v) is 2.27. The maximum Gasteiger partial charge on any atom is 0.338 e. The lowest BCUT2D eigenvalue weighted by Crippen LogP contribution is -2.36. The largest absolute Gasteiger partial charge is 0.478 e. The summed E-state index contributed by atoms with van der Waals surface area (Å²) in [5, 5.41) is 8.73. The highest BCUT2D eigenvalue weighted by molar-refractivity contribution is 5.95. The minimum atomic E-state index is -1.12. The first kappa shape index (κ1) is 13.0. The Kier molecular flexibility index (Phi) is 4.09. The van der Waals surface area contributed by atoms with E-state index in [1.54, 1.807) is 6.08 Å². The molecule has 5 heteroatoms. The molecular weight excluding hydrogens is 222 g/mol. The van der Waals surface area contributed by atoms with E-state index in [0.29, 0.717) is 6.54 Å². The Bertz CT molecular complexity index is 433. The number of furan rings is 1. The van der Waals surface area contributed by atoms with Gasteiger partial charge in [-0.05, 0) is 13.8 Å². The fourth-order valence-electron chi connectivity index (χ4n) is 1.37. The zero-order chi connectivity index (χ0) is 13.0. The highest BCUT2D eigenvalue weighted by Crippen LogP contribution is 2.12. The molecule has 1 amide bonds. The zero-order valence-electron chi connectivity index (χ0n) is 9.84. The molecule has 0 saturated carbocycles. The van der Waals surface area contributed by atoms with Gasteiger partial charge in [-0.15, -0.1) is 6.58 Å². The van der Waals surface area contributed by atoms with Gasteiger partial charge in [-0.25, -0.2) is 4.79 Å². The number of carboxylic acids is 1. The van der Waals surface area contributed by atoms with Crippen LogP contribution in [-0.2, 0) is 0 Å². The van der Waals surface area contributed by atoms with Crippen LogP contribution in [0, 0.1) is 0 Å². The molecule has 0 aliphatic carbocycles. The van der Waals surface area contributed by atoms with E-state index in [1.165, 1.54) is 11.0 Å². The molecule has 0 fully saturated rings. The maximum absolute atomic E-state index is 12.0. The van der Waals surface area contributed by atoms with Gasteiger partial charge in [-0.3, -0.25) is 4.79 Å². The topological polar surface area (TPSA) is 70.8 Å². The normalized spacial score (nSPS) is 10.3. The van der Waals surface area contributed by atoms with E-state index in [2.05, 4.69) is 6.58 Å².